The molecule has 0 bridgehead atoms. The van der Waals surface area contributed by atoms with Crippen LogP contribution >= 0.6 is 11.3 Å². The van der Waals surface area contributed by atoms with E-state index in [1.165, 1.54) is 16.4 Å². The van der Waals surface area contributed by atoms with Crippen molar-refractivity contribution in [1.29, 1.82) is 0 Å². The molecule has 1 aromatic heterocycles. The molecule has 2 aliphatic rings. The summed E-state index contributed by atoms with van der Waals surface area (Å²) < 4.78 is 2.05. The van der Waals surface area contributed by atoms with Gasteiger partial charge in [0.25, 0.3) is 0 Å². The number of hydrogen-bond acceptors (Lipinski definition) is 5. The van der Waals surface area contributed by atoms with Crippen molar-refractivity contribution in [3.05, 3.63) is 74.1 Å². The first-order valence-electron chi connectivity index (χ1n) is 10.5. The number of nitrogens with zero attached hydrogens (tertiary/aromatic N) is 2. The number of benzene rings is 1. The minimum absolute atomic E-state index is 0.0169. The number of hydrogen-bond donors (Lipinski definition) is 1. The van der Waals surface area contributed by atoms with Crippen molar-refractivity contribution in [2.24, 2.45) is 0 Å². The number of carbonyl (C=O) groups is 2. The van der Waals surface area contributed by atoms with E-state index in [1.54, 1.807) is 0 Å². The summed E-state index contributed by atoms with van der Waals surface area (Å²) >= 11 is 0.988. The average molecular weight is 479 g/mol. The van der Waals surface area contributed by atoms with Gasteiger partial charge < -0.3 is 19.9 Å². The van der Waals surface area contributed by atoms with Gasteiger partial charge in [-0.25, -0.2) is 9.37 Å². The molecule has 1 N–H and O–H groups in total. The van der Waals surface area contributed by atoms with Gasteiger partial charge in [-0.1, -0.05) is 19.2 Å². The summed E-state index contributed by atoms with van der Waals surface area (Å²) in [7, 11) is 5.81. The van der Waals surface area contributed by atoms with E-state index in [0.717, 1.165) is 39.4 Å². The van der Waals surface area contributed by atoms with Crippen molar-refractivity contribution in [3.63, 3.8) is 0 Å². The zero-order chi connectivity index (χ0) is 24.2. The molecular formula is C25H26N2O4SSi. The Morgan fingerprint density at radius 3 is 2.39 bits per heavy atom. The lowest BCUT2D eigenvalue weighted by atomic mass is 9.92. The summed E-state index contributed by atoms with van der Waals surface area (Å²) in [4.78, 5) is 26.2. The zero-order valence-corrected chi connectivity index (χ0v) is 21.3. The Morgan fingerprint density at radius 2 is 1.82 bits per heavy atom. The van der Waals surface area contributed by atoms with Crippen molar-refractivity contribution in [3.8, 4) is 0 Å². The van der Waals surface area contributed by atoms with Gasteiger partial charge in [0.2, 0.25) is 0 Å². The van der Waals surface area contributed by atoms with E-state index in [4.69, 9.17) is 0 Å². The molecule has 2 aromatic rings. The summed E-state index contributed by atoms with van der Waals surface area (Å²) in [5, 5.41) is 24.0. The second kappa shape index (κ2) is 7.97. The Morgan fingerprint density at radius 1 is 1.12 bits per heavy atom. The van der Waals surface area contributed by atoms with Gasteiger partial charge in [0.15, 0.2) is 5.71 Å². The molecule has 170 valence electrons. The van der Waals surface area contributed by atoms with Gasteiger partial charge in [0.05, 0.1) is 5.97 Å². The van der Waals surface area contributed by atoms with Gasteiger partial charge >= 0.3 is 5.97 Å². The fourth-order valence-electron chi connectivity index (χ4n) is 4.46. The largest absolute Gasteiger partial charge is 0.545 e. The summed E-state index contributed by atoms with van der Waals surface area (Å²) in [5.41, 5.74) is 4.74. The normalized spacial score (nSPS) is 16.2. The van der Waals surface area contributed by atoms with E-state index in [9.17, 15) is 19.8 Å². The lowest BCUT2D eigenvalue weighted by molar-refractivity contribution is -0.462. The van der Waals surface area contributed by atoms with Crippen LogP contribution in [0.25, 0.3) is 5.57 Å². The molecule has 2 heterocycles. The third-order valence-electron chi connectivity index (χ3n) is 6.31. The lowest BCUT2D eigenvalue weighted by Gasteiger charge is -2.38. The van der Waals surface area contributed by atoms with Crippen LogP contribution in [0.4, 0.5) is 5.69 Å². The molecule has 0 atom stereocenters. The molecule has 0 saturated heterocycles. The lowest BCUT2D eigenvalue weighted by Crippen LogP contribution is -2.49. The van der Waals surface area contributed by atoms with Gasteiger partial charge in [0, 0.05) is 47.9 Å². The maximum atomic E-state index is 12.0. The molecule has 6 nitrogen and oxygen atoms in total. The molecule has 0 fully saturated rings. The van der Waals surface area contributed by atoms with E-state index < -0.39 is 20.0 Å². The first-order valence-corrected chi connectivity index (χ1v) is 14.4. The zero-order valence-electron chi connectivity index (χ0n) is 19.5. The fraction of sp³-hybridized carbons (Fsp3) is 0.240. The second-order valence-electron chi connectivity index (χ2n) is 9.19. The third-order valence-corrected chi connectivity index (χ3v) is 11.0. The molecule has 0 unspecified atom stereocenters. The Hall–Kier alpha value is -3.23. The minimum atomic E-state index is -2.17. The number of anilines is 1. The highest BCUT2D eigenvalue weighted by Crippen LogP contribution is 2.44. The second-order valence-corrected chi connectivity index (χ2v) is 14.6. The minimum Gasteiger partial charge on any atom is -0.545 e. The maximum absolute atomic E-state index is 12.0. The summed E-state index contributed by atoms with van der Waals surface area (Å²) in [6.07, 6.45) is 6.25. The first-order chi connectivity index (χ1) is 15.4. The van der Waals surface area contributed by atoms with Gasteiger partial charge in [0.1, 0.15) is 27.0 Å². The van der Waals surface area contributed by atoms with Gasteiger partial charge in [-0.2, -0.15) is 0 Å². The molecule has 0 spiro atoms. The third kappa shape index (κ3) is 3.69. The maximum Gasteiger partial charge on any atom is 0.345 e. The molecule has 0 radical (unpaired) electrons. The van der Waals surface area contributed by atoms with Crippen molar-refractivity contribution in [2.75, 3.05) is 33.1 Å². The van der Waals surface area contributed by atoms with Gasteiger partial charge in [-0.3, -0.25) is 0 Å². The van der Waals surface area contributed by atoms with Crippen molar-refractivity contribution in [2.45, 2.75) is 13.1 Å². The number of rotatable bonds is 4. The summed E-state index contributed by atoms with van der Waals surface area (Å²) in [5.74, 6) is -2.52. The number of aromatic carboxylic acids is 2. The number of thiophene rings is 1. The quantitative estimate of drug-likeness (QED) is 0.539. The molecular weight excluding hydrogens is 452 g/mol. The smallest absolute Gasteiger partial charge is 0.345 e. The van der Waals surface area contributed by atoms with Gasteiger partial charge in [-0.15, -0.1) is 11.3 Å². The van der Waals surface area contributed by atoms with E-state index in [1.807, 2.05) is 52.5 Å². The topological polar surface area (TPSA) is 83.7 Å². The van der Waals surface area contributed by atoms with Crippen LogP contribution in [-0.4, -0.2) is 63.6 Å². The molecule has 1 aliphatic carbocycles. The first kappa shape index (κ1) is 22.9. The van der Waals surface area contributed by atoms with Gasteiger partial charge in [-0.05, 0) is 45.8 Å². The number of allylic oxidation sites excluding steroid dienone is 5. The van der Waals surface area contributed by atoms with Crippen molar-refractivity contribution < 1.29 is 24.4 Å². The van der Waals surface area contributed by atoms with Crippen LogP contribution in [0, 0.1) is 0 Å². The van der Waals surface area contributed by atoms with Crippen LogP contribution < -0.4 is 15.2 Å². The fourth-order valence-corrected chi connectivity index (χ4v) is 8.59. The molecule has 1 aromatic carbocycles. The SMILES string of the molecule is CN(C)c1ccc2c(c1)[Si](C)(C)C1=CC(=[N+](C)C)C=CC1=C2c1sc(C(=O)O)cc1C(=O)[O-]. The standard InChI is InChI=1S/C25H26N2O4SSi/c1-26(2)14-7-9-16-20(11-14)33(5,6)21-12-15(27(3)4)8-10-17(21)22(16)23-18(24(28)29)13-19(32-23)25(30)31/h7-13H,1-6H3,(H-,28,29,30,31). The van der Waals surface area contributed by atoms with Crippen LogP contribution in [-0.2, 0) is 0 Å². The number of carboxylic acid groups (broad SMARTS) is 2. The molecule has 8 heteroatoms. The summed E-state index contributed by atoms with van der Waals surface area (Å²) in [6, 6.07) is 7.46. The van der Waals surface area contributed by atoms with Crippen molar-refractivity contribution in [1.82, 2.24) is 0 Å². The Bertz CT molecular complexity index is 1340. The molecule has 0 amide bonds. The van der Waals surface area contributed by atoms with Crippen molar-refractivity contribution >= 4 is 53.5 Å². The number of fused-ring (bicyclic) bond motifs is 2. The predicted molar refractivity (Wildman–Crippen MR) is 134 cm³/mol. The van der Waals surface area contributed by atoms with Crippen LogP contribution in [0.3, 0.4) is 0 Å². The predicted octanol–water partition coefficient (Wildman–Crippen LogP) is 2.36. The van der Waals surface area contributed by atoms with Crippen LogP contribution in [0.1, 0.15) is 30.5 Å². The molecule has 1 aliphatic heterocycles. The molecule has 33 heavy (non-hydrogen) atoms. The van der Waals surface area contributed by atoms with E-state index in [0.29, 0.717) is 4.88 Å². The van der Waals surface area contributed by atoms with Crippen LogP contribution in [0.2, 0.25) is 13.1 Å². The highest BCUT2D eigenvalue weighted by Gasteiger charge is 2.41. The summed E-state index contributed by atoms with van der Waals surface area (Å²) in [6.45, 7) is 4.61. The molecule has 4 rings (SSSR count). The van der Waals surface area contributed by atoms with E-state index in [-0.39, 0.29) is 10.4 Å². The van der Waals surface area contributed by atoms with E-state index >= 15 is 0 Å². The Labute approximate surface area is 198 Å². The van der Waals surface area contributed by atoms with E-state index in [2.05, 4.69) is 34.7 Å². The molecule has 0 saturated carbocycles. The highest BCUT2D eigenvalue weighted by molar-refractivity contribution is 7.15. The Balaban J connectivity index is 2.14. The number of carbonyl (C=O) groups excluding carboxylic acids is 1. The average Bonchev–Trinajstić information content (AvgIpc) is 3.19. The highest BCUT2D eigenvalue weighted by atomic mass is 32.1. The van der Waals surface area contributed by atoms with Crippen LogP contribution in [0.15, 0.2) is 53.3 Å². The Kier molecular flexibility index (Phi) is 5.54. The van der Waals surface area contributed by atoms with Crippen LogP contribution in [0.5, 0.6) is 0 Å². The number of carboxylic acids is 2. The monoisotopic (exact) mass is 478 g/mol.